The molecule has 3 N–H and O–H groups in total. The third-order valence-corrected chi connectivity index (χ3v) is 3.31. The van der Waals surface area contributed by atoms with Gasteiger partial charge in [0.25, 0.3) is 0 Å². The van der Waals surface area contributed by atoms with Crippen molar-refractivity contribution in [3.63, 3.8) is 0 Å². The lowest BCUT2D eigenvalue weighted by molar-refractivity contribution is 0.820. The first kappa shape index (κ1) is 12.3. The Morgan fingerprint density at radius 1 is 1.47 bits per heavy atom. The molecule has 92 valence electrons. The summed E-state index contributed by atoms with van der Waals surface area (Å²) in [6.07, 6.45) is 2.31. The van der Waals surface area contributed by atoms with Crippen LogP contribution in [0.15, 0.2) is 16.7 Å². The second kappa shape index (κ2) is 5.46. The lowest BCUT2D eigenvalue weighted by atomic mass is 10.3. The van der Waals surface area contributed by atoms with Crippen LogP contribution in [0.5, 0.6) is 0 Å². The molecule has 0 aromatic carbocycles. The molecule has 2 heterocycles. The van der Waals surface area contributed by atoms with Gasteiger partial charge in [-0.05, 0) is 34.5 Å². The summed E-state index contributed by atoms with van der Waals surface area (Å²) < 4.78 is 2.59. The van der Waals surface area contributed by atoms with E-state index in [9.17, 15) is 0 Å². The molecule has 0 aliphatic carbocycles. The number of nitrogens with two attached hydrogens (primary N) is 1. The zero-order valence-corrected chi connectivity index (χ0v) is 11.4. The zero-order valence-electron chi connectivity index (χ0n) is 9.78. The van der Waals surface area contributed by atoms with E-state index in [1.165, 1.54) is 6.42 Å². The fraction of sp³-hybridized carbons (Fsp3) is 0.455. The van der Waals surface area contributed by atoms with Crippen LogP contribution in [-0.2, 0) is 6.54 Å². The average molecular weight is 298 g/mol. The second-order valence-electron chi connectivity index (χ2n) is 3.82. The number of rotatable bonds is 5. The van der Waals surface area contributed by atoms with Crippen LogP contribution < -0.4 is 11.1 Å². The minimum Gasteiger partial charge on any atom is -0.369 e. The Hall–Kier alpha value is -1.14. The molecule has 6 heteroatoms. The van der Waals surface area contributed by atoms with Crippen LogP contribution in [0.25, 0.3) is 5.65 Å². The smallest absolute Gasteiger partial charge is 0.155 e. The molecule has 0 aliphatic rings. The molecule has 5 nitrogen and oxygen atoms in total. The van der Waals surface area contributed by atoms with E-state index in [1.807, 2.05) is 12.1 Å². The first-order valence-electron chi connectivity index (χ1n) is 5.74. The van der Waals surface area contributed by atoms with Crippen LogP contribution in [-0.4, -0.2) is 21.1 Å². The minimum atomic E-state index is 0.405. The largest absolute Gasteiger partial charge is 0.369 e. The molecule has 0 atom stereocenters. The van der Waals surface area contributed by atoms with Crippen molar-refractivity contribution in [1.82, 2.24) is 14.6 Å². The maximum Gasteiger partial charge on any atom is 0.155 e. The van der Waals surface area contributed by atoms with Crippen LogP contribution in [0.1, 0.15) is 25.5 Å². The van der Waals surface area contributed by atoms with Crippen LogP contribution in [0.2, 0.25) is 0 Å². The van der Waals surface area contributed by atoms with E-state index in [-0.39, 0.29) is 0 Å². The topological polar surface area (TPSA) is 68.2 Å². The average Bonchev–Trinajstić information content (AvgIpc) is 2.67. The predicted molar refractivity (Wildman–Crippen MR) is 72.0 cm³/mol. The molecule has 0 amide bonds. The molecular weight excluding hydrogens is 282 g/mol. The van der Waals surface area contributed by atoms with Crippen LogP contribution in [0.4, 0.5) is 5.82 Å². The fourth-order valence-electron chi connectivity index (χ4n) is 1.57. The van der Waals surface area contributed by atoms with Gasteiger partial charge in [0.1, 0.15) is 10.4 Å². The van der Waals surface area contributed by atoms with Crippen molar-refractivity contribution in [2.24, 2.45) is 5.73 Å². The van der Waals surface area contributed by atoms with E-state index in [4.69, 9.17) is 5.73 Å². The van der Waals surface area contributed by atoms with E-state index in [2.05, 4.69) is 38.3 Å². The molecule has 0 fully saturated rings. The Labute approximate surface area is 109 Å². The maximum atomic E-state index is 5.60. The Morgan fingerprint density at radius 3 is 3.00 bits per heavy atom. The van der Waals surface area contributed by atoms with Crippen molar-refractivity contribution in [3.05, 3.63) is 22.4 Å². The number of aromatic nitrogens is 3. The lowest BCUT2D eigenvalue weighted by Crippen LogP contribution is -2.05. The molecule has 0 spiro atoms. The monoisotopic (exact) mass is 297 g/mol. The van der Waals surface area contributed by atoms with Gasteiger partial charge in [-0.25, -0.2) is 9.50 Å². The second-order valence-corrected chi connectivity index (χ2v) is 4.57. The van der Waals surface area contributed by atoms with Gasteiger partial charge in [-0.2, -0.15) is 0 Å². The van der Waals surface area contributed by atoms with Crippen molar-refractivity contribution < 1.29 is 0 Å². The van der Waals surface area contributed by atoms with Crippen molar-refractivity contribution in [3.8, 4) is 0 Å². The minimum absolute atomic E-state index is 0.405. The van der Waals surface area contributed by atoms with E-state index < -0.39 is 0 Å². The van der Waals surface area contributed by atoms with Gasteiger partial charge in [-0.3, -0.25) is 0 Å². The number of imidazole rings is 1. The Bertz CT molecular complexity index is 508. The molecule has 2 aromatic rings. The van der Waals surface area contributed by atoms with E-state index in [0.717, 1.165) is 34.7 Å². The Balaban J connectivity index is 2.26. The highest BCUT2D eigenvalue weighted by atomic mass is 79.9. The third-order valence-electron chi connectivity index (χ3n) is 2.52. The normalized spacial score (nSPS) is 11.0. The molecule has 0 unspecified atom stereocenters. The summed E-state index contributed by atoms with van der Waals surface area (Å²) in [5.41, 5.74) is 7.23. The first-order chi connectivity index (χ1) is 8.26. The molecule has 17 heavy (non-hydrogen) atoms. The first-order valence-corrected chi connectivity index (χ1v) is 6.53. The van der Waals surface area contributed by atoms with Crippen molar-refractivity contribution in [2.75, 3.05) is 11.9 Å². The van der Waals surface area contributed by atoms with Gasteiger partial charge in [0.2, 0.25) is 0 Å². The number of fused-ring (bicyclic) bond motifs is 1. The van der Waals surface area contributed by atoms with Gasteiger partial charge < -0.3 is 11.1 Å². The molecule has 0 saturated heterocycles. The zero-order chi connectivity index (χ0) is 12.3. The Kier molecular flexibility index (Phi) is 3.96. The number of unbranched alkanes of at least 4 members (excludes halogenated alkanes) is 1. The number of halogens is 1. The van der Waals surface area contributed by atoms with Crippen LogP contribution in [0.3, 0.4) is 0 Å². The molecular formula is C11H16BrN5. The van der Waals surface area contributed by atoms with Crippen molar-refractivity contribution in [2.45, 2.75) is 26.3 Å². The van der Waals surface area contributed by atoms with Gasteiger partial charge in [0, 0.05) is 13.1 Å². The van der Waals surface area contributed by atoms with Crippen LogP contribution >= 0.6 is 15.9 Å². The van der Waals surface area contributed by atoms with Crippen molar-refractivity contribution >= 4 is 27.4 Å². The molecule has 0 saturated carbocycles. The van der Waals surface area contributed by atoms with E-state index >= 15 is 0 Å². The summed E-state index contributed by atoms with van der Waals surface area (Å²) in [5.74, 6) is 0.854. The van der Waals surface area contributed by atoms with Gasteiger partial charge >= 0.3 is 0 Å². The number of nitrogens with zero attached hydrogens (tertiary/aromatic N) is 3. The fourth-order valence-corrected chi connectivity index (χ4v) is 2.08. The highest BCUT2D eigenvalue weighted by Gasteiger charge is 2.09. The van der Waals surface area contributed by atoms with Crippen molar-refractivity contribution in [1.29, 1.82) is 0 Å². The molecule has 0 radical (unpaired) electrons. The van der Waals surface area contributed by atoms with Gasteiger partial charge in [0.05, 0.1) is 5.69 Å². The summed E-state index contributed by atoms with van der Waals surface area (Å²) in [4.78, 5) is 4.37. The van der Waals surface area contributed by atoms with Gasteiger partial charge in [0.15, 0.2) is 5.65 Å². The number of anilines is 1. The summed E-state index contributed by atoms with van der Waals surface area (Å²) in [7, 11) is 0. The SMILES string of the molecule is CCCCNc1ccc2nc(CN)c(Br)n2n1. The number of hydrogen-bond acceptors (Lipinski definition) is 4. The van der Waals surface area contributed by atoms with Crippen LogP contribution in [0, 0.1) is 0 Å². The maximum absolute atomic E-state index is 5.60. The lowest BCUT2D eigenvalue weighted by Gasteiger charge is -2.04. The van der Waals surface area contributed by atoms with E-state index in [0.29, 0.717) is 6.54 Å². The Morgan fingerprint density at radius 2 is 2.29 bits per heavy atom. The quantitative estimate of drug-likeness (QED) is 0.830. The highest BCUT2D eigenvalue weighted by molar-refractivity contribution is 9.10. The summed E-state index contributed by atoms with van der Waals surface area (Å²) >= 11 is 3.46. The standard InChI is InChI=1S/C11H16BrN5/c1-2-3-6-14-9-4-5-10-15-8(7-13)11(12)17(10)16-9/h4-5H,2-3,6-7,13H2,1H3,(H,14,16). The molecule has 0 aliphatic heterocycles. The molecule has 2 aromatic heterocycles. The molecule has 0 bridgehead atoms. The highest BCUT2D eigenvalue weighted by Crippen LogP contribution is 2.18. The van der Waals surface area contributed by atoms with Gasteiger partial charge in [-0.1, -0.05) is 13.3 Å². The summed E-state index contributed by atoms with van der Waals surface area (Å²) in [5, 5.41) is 7.74. The number of hydrogen-bond donors (Lipinski definition) is 2. The molecule has 2 rings (SSSR count). The van der Waals surface area contributed by atoms with E-state index in [1.54, 1.807) is 4.52 Å². The third kappa shape index (κ3) is 2.58. The summed E-state index contributed by atoms with van der Waals surface area (Å²) in [6, 6.07) is 3.87. The summed E-state index contributed by atoms with van der Waals surface area (Å²) in [6.45, 7) is 3.51. The number of nitrogens with one attached hydrogen (secondary N) is 1. The van der Waals surface area contributed by atoms with Gasteiger partial charge in [-0.15, -0.1) is 5.10 Å². The predicted octanol–water partition coefficient (Wildman–Crippen LogP) is 2.16.